The molecule has 0 fully saturated rings. The molecule has 3 amide bonds. The van der Waals surface area contributed by atoms with Crippen LogP contribution < -0.4 is 10.6 Å². The fraction of sp³-hybridized carbons (Fsp3) is 0.348. The first-order valence-electron chi connectivity index (χ1n) is 10.1. The minimum absolute atomic E-state index is 0.189. The number of imide groups is 1. The molecule has 1 heterocycles. The van der Waals surface area contributed by atoms with E-state index in [1.165, 1.54) is 15.4 Å². The van der Waals surface area contributed by atoms with E-state index >= 15 is 0 Å². The van der Waals surface area contributed by atoms with Crippen LogP contribution in [0.4, 0.5) is 10.6 Å². The highest BCUT2D eigenvalue weighted by molar-refractivity contribution is 5.97. The lowest BCUT2D eigenvalue weighted by Gasteiger charge is -2.25. The fourth-order valence-corrected chi connectivity index (χ4v) is 3.72. The number of urea groups is 1. The molecule has 0 radical (unpaired) electrons. The predicted octanol–water partition coefficient (Wildman–Crippen LogP) is 3.81. The average molecular weight is 408 g/mol. The van der Waals surface area contributed by atoms with E-state index in [9.17, 15) is 9.59 Å². The molecule has 1 unspecified atom stereocenters. The highest BCUT2D eigenvalue weighted by atomic mass is 16.2. The van der Waals surface area contributed by atoms with Crippen LogP contribution in [0, 0.1) is 13.8 Å². The van der Waals surface area contributed by atoms with E-state index in [-0.39, 0.29) is 12.6 Å². The number of benzene rings is 2. The van der Waals surface area contributed by atoms with Crippen LogP contribution in [0.5, 0.6) is 0 Å². The first kappa shape index (κ1) is 21.5. The van der Waals surface area contributed by atoms with Gasteiger partial charge in [0.2, 0.25) is 6.41 Å². The highest BCUT2D eigenvalue weighted by Gasteiger charge is 2.26. The number of hydrogen-bond donors (Lipinski definition) is 1. The Balaban J connectivity index is 1.89. The van der Waals surface area contributed by atoms with Crippen LogP contribution in [0.15, 0.2) is 36.4 Å². The van der Waals surface area contributed by atoms with Crippen LogP contribution in [0.3, 0.4) is 0 Å². The maximum absolute atomic E-state index is 13.2. The minimum atomic E-state index is -0.408. The van der Waals surface area contributed by atoms with Gasteiger partial charge in [-0.15, -0.1) is 0 Å². The van der Waals surface area contributed by atoms with E-state index in [1.807, 2.05) is 62.7 Å². The third-order valence-electron chi connectivity index (χ3n) is 5.49. The van der Waals surface area contributed by atoms with E-state index < -0.39 is 6.03 Å². The zero-order valence-corrected chi connectivity index (χ0v) is 18.2. The number of nitrogens with two attached hydrogens (primary N) is 1. The number of hydrogen-bond acceptors (Lipinski definition) is 4. The molecule has 30 heavy (non-hydrogen) atoms. The second-order valence-electron chi connectivity index (χ2n) is 7.62. The summed E-state index contributed by atoms with van der Waals surface area (Å²) in [4.78, 5) is 32.3. The molecule has 0 bridgehead atoms. The Bertz CT molecular complexity index is 1090. The Morgan fingerprint density at radius 2 is 2.00 bits per heavy atom. The molecule has 2 N–H and O–H groups in total. The van der Waals surface area contributed by atoms with Crippen LogP contribution in [0.25, 0.3) is 10.8 Å². The second-order valence-corrected chi connectivity index (χ2v) is 7.62. The van der Waals surface area contributed by atoms with Gasteiger partial charge in [0.25, 0.3) is 0 Å². The summed E-state index contributed by atoms with van der Waals surface area (Å²) in [6, 6.07) is 11.4. The van der Waals surface area contributed by atoms with Gasteiger partial charge in [0.1, 0.15) is 5.82 Å². The van der Waals surface area contributed by atoms with E-state index in [0.717, 1.165) is 22.0 Å². The van der Waals surface area contributed by atoms with Crippen molar-refractivity contribution in [1.82, 2.24) is 14.5 Å². The molecule has 0 saturated heterocycles. The fourth-order valence-electron chi connectivity index (χ4n) is 3.72. The van der Waals surface area contributed by atoms with Gasteiger partial charge in [-0.25, -0.2) is 9.78 Å². The third-order valence-corrected chi connectivity index (χ3v) is 5.49. The molecule has 0 spiro atoms. The quantitative estimate of drug-likeness (QED) is 0.630. The number of rotatable bonds is 6. The van der Waals surface area contributed by atoms with E-state index in [2.05, 4.69) is 18.0 Å². The lowest BCUT2D eigenvalue weighted by atomic mass is 10.0. The van der Waals surface area contributed by atoms with Gasteiger partial charge in [0.15, 0.2) is 5.82 Å². The number of amides is 3. The van der Waals surface area contributed by atoms with E-state index in [1.54, 1.807) is 0 Å². The number of fused-ring (bicyclic) bond motifs is 1. The molecule has 3 aromatic rings. The molecule has 0 saturated carbocycles. The Kier molecular flexibility index (Phi) is 6.22. The normalized spacial score (nSPS) is 12.1. The topological polar surface area (TPSA) is 84.5 Å². The van der Waals surface area contributed by atoms with Crippen LogP contribution in [-0.4, -0.2) is 33.4 Å². The van der Waals surface area contributed by atoms with Crippen molar-refractivity contribution < 1.29 is 9.59 Å². The SMILES string of the molecule is CCN(C(=O)N(C=O)Cc1ccc2c(C)cccc2c1)c1nc(C(C)N)n(C)c1C. The highest BCUT2D eigenvalue weighted by Crippen LogP contribution is 2.24. The summed E-state index contributed by atoms with van der Waals surface area (Å²) in [5.74, 6) is 1.22. The molecule has 1 atom stereocenters. The molecule has 1 aromatic heterocycles. The molecular weight excluding hydrogens is 378 g/mol. The largest absolute Gasteiger partial charge is 0.332 e. The van der Waals surface area contributed by atoms with Gasteiger partial charge in [-0.05, 0) is 55.7 Å². The van der Waals surface area contributed by atoms with Gasteiger partial charge in [-0.3, -0.25) is 14.6 Å². The lowest BCUT2D eigenvalue weighted by molar-refractivity contribution is -0.115. The first-order valence-corrected chi connectivity index (χ1v) is 10.1. The second kappa shape index (κ2) is 8.67. The minimum Gasteiger partial charge on any atom is -0.332 e. The van der Waals surface area contributed by atoms with E-state index in [4.69, 9.17) is 5.73 Å². The van der Waals surface area contributed by atoms with Gasteiger partial charge >= 0.3 is 6.03 Å². The average Bonchev–Trinajstić information content (AvgIpc) is 3.02. The van der Waals surface area contributed by atoms with Crippen molar-refractivity contribution in [3.63, 3.8) is 0 Å². The van der Waals surface area contributed by atoms with Crippen molar-refractivity contribution in [2.24, 2.45) is 12.8 Å². The van der Waals surface area contributed by atoms with Crippen LogP contribution in [0.1, 0.15) is 42.5 Å². The summed E-state index contributed by atoms with van der Waals surface area (Å²) in [5.41, 5.74) is 8.91. The molecule has 2 aromatic carbocycles. The van der Waals surface area contributed by atoms with Crippen molar-refractivity contribution in [2.45, 2.75) is 40.3 Å². The Morgan fingerprint density at radius 1 is 1.27 bits per heavy atom. The van der Waals surface area contributed by atoms with Gasteiger partial charge in [0, 0.05) is 13.6 Å². The molecular formula is C23H29N5O2. The van der Waals surface area contributed by atoms with Crippen molar-refractivity contribution in [3.8, 4) is 0 Å². The Hall–Kier alpha value is -3.19. The summed E-state index contributed by atoms with van der Waals surface area (Å²) in [6.45, 7) is 8.24. The Labute approximate surface area is 177 Å². The molecule has 7 nitrogen and oxygen atoms in total. The summed E-state index contributed by atoms with van der Waals surface area (Å²) in [5, 5.41) is 2.24. The summed E-state index contributed by atoms with van der Waals surface area (Å²) in [6.07, 6.45) is 0.580. The molecule has 0 aliphatic carbocycles. The molecule has 158 valence electrons. The summed E-state index contributed by atoms with van der Waals surface area (Å²) >= 11 is 0. The summed E-state index contributed by atoms with van der Waals surface area (Å²) in [7, 11) is 1.87. The van der Waals surface area contributed by atoms with Gasteiger partial charge < -0.3 is 10.3 Å². The third kappa shape index (κ3) is 3.93. The number of carbonyl (C=O) groups excluding carboxylic acids is 2. The van der Waals surface area contributed by atoms with E-state index in [0.29, 0.717) is 24.6 Å². The number of nitrogens with zero attached hydrogens (tertiary/aromatic N) is 4. The monoisotopic (exact) mass is 407 g/mol. The smallest absolute Gasteiger partial charge is 0.332 e. The lowest BCUT2D eigenvalue weighted by Crippen LogP contribution is -2.42. The van der Waals surface area contributed by atoms with Gasteiger partial charge in [0.05, 0.1) is 18.3 Å². The number of imidazole rings is 1. The van der Waals surface area contributed by atoms with Crippen molar-refractivity contribution in [3.05, 3.63) is 59.0 Å². The zero-order chi connectivity index (χ0) is 22.0. The van der Waals surface area contributed by atoms with Crippen LogP contribution >= 0.6 is 0 Å². The summed E-state index contributed by atoms with van der Waals surface area (Å²) < 4.78 is 1.88. The van der Waals surface area contributed by atoms with Crippen LogP contribution in [-0.2, 0) is 18.4 Å². The van der Waals surface area contributed by atoms with Crippen molar-refractivity contribution in [2.75, 3.05) is 11.4 Å². The number of carbonyl (C=O) groups is 2. The predicted molar refractivity (Wildman–Crippen MR) is 119 cm³/mol. The van der Waals surface area contributed by atoms with Crippen molar-refractivity contribution >= 4 is 29.0 Å². The molecule has 0 aliphatic rings. The van der Waals surface area contributed by atoms with Gasteiger partial charge in [-0.2, -0.15) is 0 Å². The van der Waals surface area contributed by atoms with Gasteiger partial charge in [-0.1, -0.05) is 30.3 Å². The maximum Gasteiger partial charge on any atom is 0.332 e. The van der Waals surface area contributed by atoms with Crippen molar-refractivity contribution in [1.29, 1.82) is 0 Å². The molecule has 0 aliphatic heterocycles. The molecule has 7 heteroatoms. The number of aromatic nitrogens is 2. The number of aryl methyl sites for hydroxylation is 1. The maximum atomic E-state index is 13.2. The Morgan fingerprint density at radius 3 is 2.60 bits per heavy atom. The zero-order valence-electron chi connectivity index (χ0n) is 18.2. The van der Waals surface area contributed by atoms with Crippen LogP contribution in [0.2, 0.25) is 0 Å². The number of anilines is 1. The molecule has 3 rings (SSSR count). The first-order chi connectivity index (χ1) is 14.3. The standard InChI is InChI=1S/C23H29N5O2/c1-6-28(22-17(4)26(5)21(25-22)16(3)24)23(30)27(14-29)13-18-10-11-20-15(2)8-7-9-19(20)12-18/h7-12,14,16H,6,13,24H2,1-5H3.